The van der Waals surface area contributed by atoms with Crippen molar-refractivity contribution in [3.8, 4) is 0 Å². The highest BCUT2D eigenvalue weighted by atomic mass is 35.5. The number of nitrogens with zero attached hydrogens (tertiary/aromatic N) is 2. The molecule has 19 heavy (non-hydrogen) atoms. The first-order valence-corrected chi connectivity index (χ1v) is 7.20. The Labute approximate surface area is 119 Å². The molecule has 0 fully saturated rings. The van der Waals surface area contributed by atoms with E-state index >= 15 is 0 Å². The van der Waals surface area contributed by atoms with Crippen LogP contribution in [0.2, 0.25) is 10.0 Å². The van der Waals surface area contributed by atoms with E-state index in [1.807, 2.05) is 0 Å². The predicted octanol–water partition coefficient (Wildman–Crippen LogP) is 1.80. The Morgan fingerprint density at radius 1 is 1.37 bits per heavy atom. The average Bonchev–Trinajstić information content (AvgIpc) is 2.77. The van der Waals surface area contributed by atoms with E-state index in [4.69, 9.17) is 28.9 Å². The molecule has 0 saturated carbocycles. The molecule has 4 N–H and O–H groups in total. The summed E-state index contributed by atoms with van der Waals surface area (Å²) < 4.78 is 26.3. The summed E-state index contributed by atoms with van der Waals surface area (Å²) in [7, 11) is -3.98. The third kappa shape index (κ3) is 2.75. The SMILES string of the molecule is Cc1ccc(Cl)c(NS(=O)(=O)c2nc(N)n[nH]2)c1Cl. The van der Waals surface area contributed by atoms with E-state index in [-0.39, 0.29) is 21.7 Å². The van der Waals surface area contributed by atoms with Gasteiger partial charge in [0.25, 0.3) is 15.2 Å². The molecule has 102 valence electrons. The van der Waals surface area contributed by atoms with E-state index in [0.717, 1.165) is 0 Å². The van der Waals surface area contributed by atoms with E-state index in [9.17, 15) is 8.42 Å². The Balaban J connectivity index is 2.44. The van der Waals surface area contributed by atoms with E-state index in [1.165, 1.54) is 6.07 Å². The van der Waals surface area contributed by atoms with Gasteiger partial charge in [0.05, 0.1) is 15.7 Å². The number of benzene rings is 1. The number of sulfonamides is 1. The highest BCUT2D eigenvalue weighted by Gasteiger charge is 2.22. The number of anilines is 2. The topological polar surface area (TPSA) is 114 Å². The standard InChI is InChI=1S/C9H9Cl2N5O2S/c1-4-2-3-5(10)7(6(4)11)16-19(17,18)9-13-8(12)14-15-9/h2-3,16H,1H3,(H3,12,13,14,15). The van der Waals surface area contributed by atoms with Crippen LogP contribution in [0.1, 0.15) is 5.56 Å². The fraction of sp³-hybridized carbons (Fsp3) is 0.111. The maximum Gasteiger partial charge on any atom is 0.297 e. The van der Waals surface area contributed by atoms with Crippen molar-refractivity contribution in [3.05, 3.63) is 27.7 Å². The summed E-state index contributed by atoms with van der Waals surface area (Å²) in [6, 6.07) is 3.21. The number of hydrogen-bond donors (Lipinski definition) is 3. The Morgan fingerprint density at radius 2 is 2.05 bits per heavy atom. The van der Waals surface area contributed by atoms with Gasteiger partial charge in [-0.1, -0.05) is 29.3 Å². The minimum absolute atomic E-state index is 0.0818. The molecule has 0 unspecified atom stereocenters. The Morgan fingerprint density at radius 3 is 2.63 bits per heavy atom. The van der Waals surface area contributed by atoms with Crippen molar-refractivity contribution in [2.45, 2.75) is 12.1 Å². The fourth-order valence-electron chi connectivity index (χ4n) is 1.31. The van der Waals surface area contributed by atoms with Crippen LogP contribution in [0, 0.1) is 6.92 Å². The zero-order valence-corrected chi connectivity index (χ0v) is 11.9. The lowest BCUT2D eigenvalue weighted by Crippen LogP contribution is -2.15. The minimum atomic E-state index is -3.98. The van der Waals surface area contributed by atoms with Gasteiger partial charge in [0, 0.05) is 0 Å². The molecule has 0 saturated heterocycles. The second-order valence-corrected chi connectivity index (χ2v) is 6.04. The zero-order valence-electron chi connectivity index (χ0n) is 9.61. The van der Waals surface area contributed by atoms with Gasteiger partial charge in [-0.25, -0.2) is 5.10 Å². The molecule has 0 atom stereocenters. The van der Waals surface area contributed by atoms with Crippen LogP contribution >= 0.6 is 23.2 Å². The lowest BCUT2D eigenvalue weighted by Gasteiger charge is -2.10. The summed E-state index contributed by atoms with van der Waals surface area (Å²) in [5.41, 5.74) is 6.02. The van der Waals surface area contributed by atoms with Gasteiger partial charge in [0.1, 0.15) is 0 Å². The number of halogens is 2. The smallest absolute Gasteiger partial charge is 0.297 e. The van der Waals surface area contributed by atoms with Crippen molar-refractivity contribution in [1.29, 1.82) is 0 Å². The van der Waals surface area contributed by atoms with Gasteiger partial charge in [-0.15, -0.1) is 5.10 Å². The molecule has 1 heterocycles. The van der Waals surface area contributed by atoms with Gasteiger partial charge in [-0.3, -0.25) is 4.72 Å². The van der Waals surface area contributed by atoms with E-state index in [2.05, 4.69) is 19.9 Å². The molecule has 0 spiro atoms. The molecular weight excluding hydrogens is 313 g/mol. The Kier molecular flexibility index (Phi) is 3.57. The van der Waals surface area contributed by atoms with Crippen molar-refractivity contribution in [2.24, 2.45) is 0 Å². The summed E-state index contributed by atoms with van der Waals surface area (Å²) in [5.74, 6) is -0.179. The van der Waals surface area contributed by atoms with Crippen LogP contribution in [0.25, 0.3) is 0 Å². The average molecular weight is 322 g/mol. The van der Waals surface area contributed by atoms with E-state index < -0.39 is 15.2 Å². The van der Waals surface area contributed by atoms with Gasteiger partial charge < -0.3 is 5.73 Å². The number of nitrogens with two attached hydrogens (primary N) is 1. The van der Waals surface area contributed by atoms with Crippen LogP contribution in [0.15, 0.2) is 17.3 Å². The van der Waals surface area contributed by atoms with Gasteiger partial charge in [0.2, 0.25) is 5.95 Å². The lowest BCUT2D eigenvalue weighted by atomic mass is 10.2. The highest BCUT2D eigenvalue weighted by Crippen LogP contribution is 2.34. The number of aryl methyl sites for hydroxylation is 1. The maximum absolute atomic E-state index is 12.0. The number of rotatable bonds is 3. The second kappa shape index (κ2) is 4.87. The Hall–Kier alpha value is -1.51. The van der Waals surface area contributed by atoms with Crippen molar-refractivity contribution in [1.82, 2.24) is 15.2 Å². The van der Waals surface area contributed by atoms with E-state index in [1.54, 1.807) is 13.0 Å². The van der Waals surface area contributed by atoms with Crippen LogP contribution < -0.4 is 10.5 Å². The van der Waals surface area contributed by atoms with Crippen LogP contribution in [0.3, 0.4) is 0 Å². The molecule has 0 amide bonds. The van der Waals surface area contributed by atoms with Crippen LogP contribution in [-0.4, -0.2) is 23.6 Å². The molecule has 0 aliphatic carbocycles. The quantitative estimate of drug-likeness (QED) is 0.797. The first kappa shape index (κ1) is 13.9. The number of nitrogens with one attached hydrogen (secondary N) is 2. The fourth-order valence-corrected chi connectivity index (χ4v) is 2.85. The van der Waals surface area contributed by atoms with Gasteiger partial charge in [-0.05, 0) is 18.6 Å². The second-order valence-electron chi connectivity index (χ2n) is 3.66. The minimum Gasteiger partial charge on any atom is -0.366 e. The number of aromatic amines is 1. The van der Waals surface area contributed by atoms with Crippen LogP contribution in [0.5, 0.6) is 0 Å². The Bertz CT molecular complexity index is 728. The molecular formula is C9H9Cl2N5O2S. The van der Waals surface area contributed by atoms with E-state index in [0.29, 0.717) is 5.56 Å². The predicted molar refractivity (Wildman–Crippen MR) is 72.8 cm³/mol. The number of aromatic nitrogens is 3. The molecule has 0 bridgehead atoms. The molecule has 10 heteroatoms. The highest BCUT2D eigenvalue weighted by molar-refractivity contribution is 7.92. The molecule has 0 radical (unpaired) electrons. The summed E-state index contributed by atoms with van der Waals surface area (Å²) >= 11 is 11.9. The summed E-state index contributed by atoms with van der Waals surface area (Å²) in [5, 5.41) is 5.61. The van der Waals surface area contributed by atoms with Crippen molar-refractivity contribution in [3.63, 3.8) is 0 Å². The number of nitrogen functional groups attached to an aromatic ring is 1. The molecule has 1 aromatic heterocycles. The summed E-state index contributed by atoms with van der Waals surface area (Å²) in [4.78, 5) is 3.53. The maximum atomic E-state index is 12.0. The number of hydrogen-bond acceptors (Lipinski definition) is 5. The third-order valence-corrected chi connectivity index (χ3v) is 4.22. The molecule has 0 aliphatic heterocycles. The molecule has 2 aromatic rings. The van der Waals surface area contributed by atoms with Gasteiger partial charge >= 0.3 is 0 Å². The summed E-state index contributed by atoms with van der Waals surface area (Å²) in [6.45, 7) is 1.73. The largest absolute Gasteiger partial charge is 0.366 e. The van der Waals surface area contributed by atoms with Gasteiger partial charge in [0.15, 0.2) is 0 Å². The lowest BCUT2D eigenvalue weighted by molar-refractivity contribution is 0.593. The first-order valence-electron chi connectivity index (χ1n) is 4.96. The molecule has 1 aromatic carbocycles. The van der Waals surface area contributed by atoms with Crippen LogP contribution in [-0.2, 0) is 10.0 Å². The van der Waals surface area contributed by atoms with Crippen molar-refractivity contribution >= 4 is 44.9 Å². The summed E-state index contributed by atoms with van der Waals surface area (Å²) in [6.07, 6.45) is 0. The number of H-pyrrole nitrogens is 1. The zero-order chi connectivity index (χ0) is 14.2. The normalized spacial score (nSPS) is 11.5. The van der Waals surface area contributed by atoms with Crippen molar-refractivity contribution < 1.29 is 8.42 Å². The third-order valence-electron chi connectivity index (χ3n) is 2.26. The molecule has 7 nitrogen and oxygen atoms in total. The van der Waals surface area contributed by atoms with Crippen LogP contribution in [0.4, 0.5) is 11.6 Å². The molecule has 2 rings (SSSR count). The van der Waals surface area contributed by atoms with Crippen molar-refractivity contribution in [2.75, 3.05) is 10.5 Å². The first-order chi connectivity index (χ1) is 8.81. The molecule has 0 aliphatic rings. The van der Waals surface area contributed by atoms with Gasteiger partial charge in [-0.2, -0.15) is 13.4 Å². The monoisotopic (exact) mass is 321 g/mol.